The van der Waals surface area contributed by atoms with Crippen LogP contribution in [0.4, 0.5) is 8.78 Å². The Hall–Kier alpha value is -1.49. The summed E-state index contributed by atoms with van der Waals surface area (Å²) in [6.45, 7) is 1.92. The van der Waals surface area contributed by atoms with Gasteiger partial charge in [-0.05, 0) is 30.8 Å². The first kappa shape index (κ1) is 11.0. The Morgan fingerprint density at radius 3 is 2.81 bits per heavy atom. The molecule has 0 bridgehead atoms. The fraction of sp³-hybridized carbons (Fsp3) is 0.182. The van der Waals surface area contributed by atoms with E-state index in [-0.39, 0.29) is 5.69 Å². The molecule has 2 rings (SSSR count). The maximum atomic E-state index is 13.6. The van der Waals surface area contributed by atoms with Crippen LogP contribution in [0.25, 0.3) is 5.69 Å². The summed E-state index contributed by atoms with van der Waals surface area (Å²) in [5.41, 5.74) is 0.956. The van der Waals surface area contributed by atoms with Crippen LogP contribution in [0, 0.1) is 16.4 Å². The van der Waals surface area contributed by atoms with Crippen LogP contribution in [0.15, 0.2) is 24.4 Å². The minimum Gasteiger partial charge on any atom is -0.337 e. The molecule has 0 atom stereocenters. The minimum atomic E-state index is -0.882. The Morgan fingerprint density at radius 1 is 1.38 bits per heavy atom. The van der Waals surface area contributed by atoms with Crippen molar-refractivity contribution in [1.82, 2.24) is 9.55 Å². The lowest BCUT2D eigenvalue weighted by atomic mass is 10.2. The third kappa shape index (κ3) is 1.67. The van der Waals surface area contributed by atoms with Gasteiger partial charge in [-0.15, -0.1) is 0 Å². The van der Waals surface area contributed by atoms with Crippen molar-refractivity contribution in [2.75, 3.05) is 0 Å². The average Bonchev–Trinajstić information content (AvgIpc) is 2.64. The molecule has 0 saturated carbocycles. The fourth-order valence-electron chi connectivity index (χ4n) is 1.59. The number of hydrogen-bond donors (Lipinski definition) is 1. The first-order chi connectivity index (χ1) is 7.65. The molecule has 0 aliphatic rings. The number of halogens is 2. The predicted molar refractivity (Wildman–Crippen MR) is 60.2 cm³/mol. The van der Waals surface area contributed by atoms with Crippen molar-refractivity contribution >= 4 is 12.2 Å². The van der Waals surface area contributed by atoms with Gasteiger partial charge in [-0.2, -0.15) is 0 Å². The van der Waals surface area contributed by atoms with E-state index < -0.39 is 11.6 Å². The standard InChI is InChI=1S/C11H10F2N2S/c1-2-7-6-14-11(16)15(7)9-5-3-4-8(12)10(9)13/h3-6H,2H2,1H3,(H,14,16). The molecule has 2 nitrogen and oxygen atoms in total. The third-order valence-corrected chi connectivity index (χ3v) is 2.69. The fourth-order valence-corrected chi connectivity index (χ4v) is 1.87. The van der Waals surface area contributed by atoms with Crippen LogP contribution in [-0.4, -0.2) is 9.55 Å². The molecule has 16 heavy (non-hydrogen) atoms. The van der Waals surface area contributed by atoms with E-state index in [0.717, 1.165) is 11.8 Å². The molecule has 0 fully saturated rings. The lowest BCUT2D eigenvalue weighted by Crippen LogP contribution is -2.03. The van der Waals surface area contributed by atoms with Gasteiger partial charge in [-0.3, -0.25) is 4.57 Å². The van der Waals surface area contributed by atoms with Crippen molar-refractivity contribution in [3.05, 3.63) is 46.5 Å². The van der Waals surface area contributed by atoms with E-state index in [1.165, 1.54) is 16.7 Å². The number of aryl methyl sites for hydroxylation is 1. The summed E-state index contributed by atoms with van der Waals surface area (Å²) in [4.78, 5) is 2.82. The van der Waals surface area contributed by atoms with E-state index in [1.54, 1.807) is 6.20 Å². The van der Waals surface area contributed by atoms with Crippen LogP contribution in [0.5, 0.6) is 0 Å². The lowest BCUT2D eigenvalue weighted by Gasteiger charge is -2.08. The van der Waals surface area contributed by atoms with E-state index in [9.17, 15) is 8.78 Å². The molecular weight excluding hydrogens is 230 g/mol. The summed E-state index contributed by atoms with van der Waals surface area (Å²) in [5.74, 6) is -1.75. The summed E-state index contributed by atoms with van der Waals surface area (Å²) in [7, 11) is 0. The number of hydrogen-bond acceptors (Lipinski definition) is 1. The highest BCUT2D eigenvalue weighted by Crippen LogP contribution is 2.19. The van der Waals surface area contributed by atoms with Gasteiger partial charge in [0.05, 0.1) is 5.69 Å². The Labute approximate surface area is 96.5 Å². The molecule has 0 aliphatic carbocycles. The maximum absolute atomic E-state index is 13.6. The monoisotopic (exact) mass is 240 g/mol. The van der Waals surface area contributed by atoms with Crippen LogP contribution in [0.1, 0.15) is 12.6 Å². The van der Waals surface area contributed by atoms with Gasteiger partial charge in [0, 0.05) is 11.9 Å². The quantitative estimate of drug-likeness (QED) is 0.798. The molecule has 0 spiro atoms. The van der Waals surface area contributed by atoms with E-state index in [4.69, 9.17) is 12.2 Å². The van der Waals surface area contributed by atoms with Gasteiger partial charge >= 0.3 is 0 Å². The second-order valence-corrected chi connectivity index (χ2v) is 3.73. The number of rotatable bonds is 2. The van der Waals surface area contributed by atoms with Crippen molar-refractivity contribution in [3.63, 3.8) is 0 Å². The molecule has 0 amide bonds. The summed E-state index contributed by atoms with van der Waals surface area (Å²) in [5, 5.41) is 0. The molecule has 1 heterocycles. The Bertz CT molecular complexity index is 572. The number of aromatic amines is 1. The zero-order valence-corrected chi connectivity index (χ0v) is 9.44. The van der Waals surface area contributed by atoms with Crippen molar-refractivity contribution in [3.8, 4) is 5.69 Å². The molecular formula is C11H10F2N2S. The van der Waals surface area contributed by atoms with Crippen LogP contribution >= 0.6 is 12.2 Å². The Kier molecular flexibility index (Phi) is 2.87. The summed E-state index contributed by atoms with van der Waals surface area (Å²) >= 11 is 5.04. The maximum Gasteiger partial charge on any atom is 0.182 e. The summed E-state index contributed by atoms with van der Waals surface area (Å²) in [6.07, 6.45) is 2.38. The Morgan fingerprint density at radius 2 is 2.12 bits per heavy atom. The first-order valence-corrected chi connectivity index (χ1v) is 5.29. The highest BCUT2D eigenvalue weighted by atomic mass is 32.1. The van der Waals surface area contributed by atoms with E-state index in [2.05, 4.69) is 4.98 Å². The molecule has 0 radical (unpaired) electrons. The minimum absolute atomic E-state index is 0.142. The van der Waals surface area contributed by atoms with Gasteiger partial charge in [-0.1, -0.05) is 13.0 Å². The lowest BCUT2D eigenvalue weighted by molar-refractivity contribution is 0.503. The highest BCUT2D eigenvalue weighted by molar-refractivity contribution is 7.71. The molecule has 0 saturated heterocycles. The molecule has 0 unspecified atom stereocenters. The SMILES string of the molecule is CCc1c[nH]c(=S)n1-c1cccc(F)c1F. The van der Waals surface area contributed by atoms with Crippen LogP contribution in [0.2, 0.25) is 0 Å². The summed E-state index contributed by atoms with van der Waals surface area (Å²) < 4.78 is 28.6. The molecule has 1 aromatic carbocycles. The van der Waals surface area contributed by atoms with Crippen LogP contribution < -0.4 is 0 Å². The number of H-pyrrole nitrogens is 1. The smallest absolute Gasteiger partial charge is 0.182 e. The number of nitrogens with zero attached hydrogens (tertiary/aromatic N) is 1. The van der Waals surface area contributed by atoms with Gasteiger partial charge in [0.15, 0.2) is 16.4 Å². The van der Waals surface area contributed by atoms with Gasteiger partial charge in [0.2, 0.25) is 0 Å². The average molecular weight is 240 g/mol. The van der Waals surface area contributed by atoms with Gasteiger partial charge in [0.1, 0.15) is 0 Å². The molecule has 5 heteroatoms. The largest absolute Gasteiger partial charge is 0.337 e. The highest BCUT2D eigenvalue weighted by Gasteiger charge is 2.12. The second-order valence-electron chi connectivity index (χ2n) is 3.35. The number of imidazole rings is 1. The molecule has 0 aliphatic heterocycles. The molecule has 1 N–H and O–H groups in total. The second kappa shape index (κ2) is 4.17. The van der Waals surface area contributed by atoms with Crippen molar-refractivity contribution in [2.45, 2.75) is 13.3 Å². The zero-order chi connectivity index (χ0) is 11.7. The molecule has 1 aromatic heterocycles. The summed E-state index contributed by atoms with van der Waals surface area (Å²) in [6, 6.07) is 4.05. The first-order valence-electron chi connectivity index (χ1n) is 4.88. The normalized spacial score (nSPS) is 10.7. The van der Waals surface area contributed by atoms with Gasteiger partial charge in [0.25, 0.3) is 0 Å². The van der Waals surface area contributed by atoms with Gasteiger partial charge in [-0.25, -0.2) is 8.78 Å². The van der Waals surface area contributed by atoms with Crippen molar-refractivity contribution < 1.29 is 8.78 Å². The number of nitrogens with one attached hydrogen (secondary N) is 1. The van der Waals surface area contributed by atoms with E-state index in [0.29, 0.717) is 11.2 Å². The van der Waals surface area contributed by atoms with Gasteiger partial charge < -0.3 is 4.98 Å². The van der Waals surface area contributed by atoms with E-state index in [1.807, 2.05) is 6.92 Å². The number of benzene rings is 1. The van der Waals surface area contributed by atoms with E-state index >= 15 is 0 Å². The topological polar surface area (TPSA) is 20.7 Å². The van der Waals surface area contributed by atoms with Crippen molar-refractivity contribution in [1.29, 1.82) is 0 Å². The van der Waals surface area contributed by atoms with Crippen LogP contribution in [-0.2, 0) is 6.42 Å². The molecule has 84 valence electrons. The predicted octanol–water partition coefficient (Wildman–Crippen LogP) is 3.38. The Balaban J connectivity index is 2.72. The van der Waals surface area contributed by atoms with Crippen molar-refractivity contribution in [2.24, 2.45) is 0 Å². The number of aromatic nitrogens is 2. The zero-order valence-electron chi connectivity index (χ0n) is 8.63. The van der Waals surface area contributed by atoms with Crippen LogP contribution in [0.3, 0.4) is 0 Å². The molecule has 2 aromatic rings. The third-order valence-electron chi connectivity index (χ3n) is 2.39.